The lowest BCUT2D eigenvalue weighted by Crippen LogP contribution is -2.13. The molecule has 0 spiro atoms. The Labute approximate surface area is 149 Å². The first-order valence-corrected chi connectivity index (χ1v) is 8.54. The summed E-state index contributed by atoms with van der Waals surface area (Å²) >= 11 is 0. The molecule has 0 radical (unpaired) electrons. The highest BCUT2D eigenvalue weighted by Gasteiger charge is 2.22. The Kier molecular flexibility index (Phi) is 4.07. The number of ketones is 1. The minimum absolute atomic E-state index is 0.169. The van der Waals surface area contributed by atoms with Crippen molar-refractivity contribution in [2.75, 3.05) is 6.61 Å². The van der Waals surface area contributed by atoms with Gasteiger partial charge >= 0.3 is 5.63 Å². The maximum Gasteiger partial charge on any atom is 0.339 e. The van der Waals surface area contributed by atoms with E-state index in [1.807, 2.05) is 19.1 Å². The van der Waals surface area contributed by atoms with Crippen molar-refractivity contribution in [2.24, 2.45) is 0 Å². The zero-order valence-electron chi connectivity index (χ0n) is 14.3. The number of rotatable bonds is 4. The Morgan fingerprint density at radius 3 is 2.65 bits per heavy atom. The summed E-state index contributed by atoms with van der Waals surface area (Å²) in [6.07, 6.45) is 2.40. The van der Waals surface area contributed by atoms with Crippen molar-refractivity contribution in [2.45, 2.75) is 26.2 Å². The molecule has 0 N–H and O–H groups in total. The summed E-state index contributed by atoms with van der Waals surface area (Å²) in [4.78, 5) is 24.5. The van der Waals surface area contributed by atoms with Crippen LogP contribution >= 0.6 is 0 Å². The van der Waals surface area contributed by atoms with Gasteiger partial charge in [-0.3, -0.25) is 4.79 Å². The number of carbonyl (C=O) groups excluding carboxylic acids is 1. The second kappa shape index (κ2) is 6.41. The largest absolute Gasteiger partial charge is 0.485 e. The molecule has 1 aliphatic carbocycles. The van der Waals surface area contributed by atoms with Crippen LogP contribution in [0.1, 0.15) is 33.5 Å². The minimum Gasteiger partial charge on any atom is -0.485 e. The number of ether oxygens (including phenoxy) is 1. The average Bonchev–Trinajstić information content (AvgIpc) is 3.10. The molecule has 0 saturated carbocycles. The number of aryl methyl sites for hydroxylation is 2. The molecule has 132 valence electrons. The lowest BCUT2D eigenvalue weighted by Gasteiger charge is -2.12. The van der Waals surface area contributed by atoms with Gasteiger partial charge in [0.15, 0.2) is 12.4 Å². The molecule has 2 aromatic carbocycles. The molecule has 0 bridgehead atoms. The number of carbonyl (C=O) groups is 1. The summed E-state index contributed by atoms with van der Waals surface area (Å²) in [5.74, 6) is -0.0937. The molecule has 0 fully saturated rings. The first kappa shape index (κ1) is 16.5. The molecule has 0 aliphatic heterocycles. The van der Waals surface area contributed by atoms with E-state index in [1.165, 1.54) is 24.3 Å². The fourth-order valence-electron chi connectivity index (χ4n) is 3.48. The molecule has 4 nitrogen and oxygen atoms in total. The second-order valence-corrected chi connectivity index (χ2v) is 6.56. The molecule has 0 amide bonds. The van der Waals surface area contributed by atoms with Crippen LogP contribution in [-0.2, 0) is 12.8 Å². The quantitative estimate of drug-likeness (QED) is 0.526. The van der Waals surface area contributed by atoms with Gasteiger partial charge in [-0.25, -0.2) is 9.18 Å². The van der Waals surface area contributed by atoms with Crippen molar-refractivity contribution in [3.05, 3.63) is 74.9 Å². The van der Waals surface area contributed by atoms with Crippen molar-refractivity contribution in [1.29, 1.82) is 0 Å². The van der Waals surface area contributed by atoms with Gasteiger partial charge in [-0.15, -0.1) is 0 Å². The first-order chi connectivity index (χ1) is 12.5. The van der Waals surface area contributed by atoms with Crippen molar-refractivity contribution in [1.82, 2.24) is 0 Å². The summed E-state index contributed by atoms with van der Waals surface area (Å²) in [6.45, 7) is 1.71. The van der Waals surface area contributed by atoms with Gasteiger partial charge in [0.05, 0.1) is 5.39 Å². The van der Waals surface area contributed by atoms with Gasteiger partial charge in [0.2, 0.25) is 0 Å². The molecular weight excluding hydrogens is 335 g/mol. The maximum absolute atomic E-state index is 13.0. The van der Waals surface area contributed by atoms with Gasteiger partial charge in [-0.1, -0.05) is 0 Å². The first-order valence-electron chi connectivity index (χ1n) is 8.54. The standard InChI is InChI=1S/C21H17FO4/c1-12-9-18(25-11-17(23)13-5-7-14(22)8-6-13)20-15-3-2-4-16(15)21(24)26-19(20)10-12/h5-10H,2-4,11H2,1H3. The monoisotopic (exact) mass is 352 g/mol. The van der Waals surface area contributed by atoms with Gasteiger partial charge < -0.3 is 9.15 Å². The van der Waals surface area contributed by atoms with Gasteiger partial charge in [-0.05, 0) is 73.7 Å². The number of hydrogen-bond donors (Lipinski definition) is 0. The third-order valence-electron chi connectivity index (χ3n) is 4.70. The van der Waals surface area contributed by atoms with E-state index in [4.69, 9.17) is 9.15 Å². The van der Waals surface area contributed by atoms with E-state index in [-0.39, 0.29) is 18.0 Å². The van der Waals surface area contributed by atoms with Crippen LogP contribution in [0, 0.1) is 12.7 Å². The highest BCUT2D eigenvalue weighted by atomic mass is 19.1. The van der Waals surface area contributed by atoms with Gasteiger partial charge in [-0.2, -0.15) is 0 Å². The van der Waals surface area contributed by atoms with Crippen LogP contribution in [-0.4, -0.2) is 12.4 Å². The second-order valence-electron chi connectivity index (χ2n) is 6.56. The van der Waals surface area contributed by atoms with Crippen molar-refractivity contribution < 1.29 is 18.3 Å². The number of Topliss-reactive ketones (excluding diaryl/α,β-unsaturated/α-hetero) is 1. The summed E-state index contributed by atoms with van der Waals surface area (Å²) in [7, 11) is 0. The smallest absolute Gasteiger partial charge is 0.339 e. The van der Waals surface area contributed by atoms with E-state index < -0.39 is 5.82 Å². The fraction of sp³-hybridized carbons (Fsp3) is 0.238. The molecule has 1 aliphatic rings. The number of halogens is 1. The molecule has 0 atom stereocenters. The van der Waals surface area contributed by atoms with Crippen LogP contribution < -0.4 is 10.4 Å². The molecule has 0 unspecified atom stereocenters. The van der Waals surface area contributed by atoms with Crippen LogP contribution in [0.5, 0.6) is 5.75 Å². The van der Waals surface area contributed by atoms with E-state index in [0.29, 0.717) is 28.9 Å². The number of benzene rings is 2. The van der Waals surface area contributed by atoms with E-state index in [9.17, 15) is 14.0 Å². The predicted octanol–water partition coefficient (Wildman–Crippen LogP) is 3.99. The molecule has 0 saturated heterocycles. The van der Waals surface area contributed by atoms with Crippen molar-refractivity contribution in [3.8, 4) is 5.75 Å². The molecule has 3 aromatic rings. The highest BCUT2D eigenvalue weighted by Crippen LogP contribution is 2.35. The zero-order chi connectivity index (χ0) is 18.3. The lowest BCUT2D eigenvalue weighted by molar-refractivity contribution is 0.0922. The van der Waals surface area contributed by atoms with E-state index in [0.717, 1.165) is 29.4 Å². The minimum atomic E-state index is -0.391. The average molecular weight is 352 g/mol. The summed E-state index contributed by atoms with van der Waals surface area (Å²) in [5.41, 5.74) is 3.13. The highest BCUT2D eigenvalue weighted by molar-refractivity contribution is 5.97. The molecule has 1 heterocycles. The predicted molar refractivity (Wildman–Crippen MR) is 95.5 cm³/mol. The summed E-state index contributed by atoms with van der Waals surface area (Å²) in [6, 6.07) is 9.02. The zero-order valence-corrected chi connectivity index (χ0v) is 14.3. The Hall–Kier alpha value is -2.95. The van der Waals surface area contributed by atoms with E-state index >= 15 is 0 Å². The van der Waals surface area contributed by atoms with Gasteiger partial charge in [0, 0.05) is 11.1 Å². The maximum atomic E-state index is 13.0. The molecule has 4 rings (SSSR count). The summed E-state index contributed by atoms with van der Waals surface area (Å²) in [5, 5.41) is 0.773. The third-order valence-corrected chi connectivity index (χ3v) is 4.70. The van der Waals surface area contributed by atoms with E-state index in [2.05, 4.69) is 0 Å². The fourth-order valence-corrected chi connectivity index (χ4v) is 3.48. The molecular formula is C21H17FO4. The Morgan fingerprint density at radius 2 is 1.88 bits per heavy atom. The normalized spacial score (nSPS) is 13.0. The molecule has 5 heteroatoms. The van der Waals surface area contributed by atoms with Crippen LogP contribution in [0.3, 0.4) is 0 Å². The Morgan fingerprint density at radius 1 is 1.15 bits per heavy atom. The van der Waals surface area contributed by atoms with Crippen LogP contribution in [0.4, 0.5) is 4.39 Å². The van der Waals surface area contributed by atoms with E-state index in [1.54, 1.807) is 0 Å². The Bertz CT molecular complexity index is 1060. The van der Waals surface area contributed by atoms with Gasteiger partial charge in [0.1, 0.15) is 17.1 Å². The number of hydrogen-bond acceptors (Lipinski definition) is 4. The third kappa shape index (κ3) is 2.90. The Balaban J connectivity index is 1.70. The lowest BCUT2D eigenvalue weighted by atomic mass is 10.0. The molecule has 1 aromatic heterocycles. The van der Waals surface area contributed by atoms with Crippen LogP contribution in [0.25, 0.3) is 11.0 Å². The molecule has 26 heavy (non-hydrogen) atoms. The SMILES string of the molecule is Cc1cc(OCC(=O)c2ccc(F)cc2)c2c3c(c(=O)oc2c1)CCC3. The van der Waals surface area contributed by atoms with Crippen LogP contribution in [0.15, 0.2) is 45.6 Å². The van der Waals surface area contributed by atoms with Crippen molar-refractivity contribution in [3.63, 3.8) is 0 Å². The number of fused-ring (bicyclic) bond motifs is 3. The van der Waals surface area contributed by atoms with Gasteiger partial charge in [0.25, 0.3) is 0 Å². The topological polar surface area (TPSA) is 56.5 Å². The van der Waals surface area contributed by atoms with Crippen molar-refractivity contribution >= 4 is 16.8 Å². The summed E-state index contributed by atoms with van der Waals surface area (Å²) < 4.78 is 24.3. The van der Waals surface area contributed by atoms with Crippen LogP contribution in [0.2, 0.25) is 0 Å².